The van der Waals surface area contributed by atoms with Gasteiger partial charge in [-0.15, -0.1) is 0 Å². The zero-order chi connectivity index (χ0) is 13.0. The molecule has 1 rings (SSSR count). The molecule has 5 heteroatoms. The van der Waals surface area contributed by atoms with Crippen molar-refractivity contribution in [2.45, 2.75) is 26.8 Å². The fourth-order valence-corrected chi connectivity index (χ4v) is 1.46. The van der Waals surface area contributed by atoms with Crippen LogP contribution in [0.5, 0.6) is 0 Å². The molecule has 94 valence electrons. The second-order valence-corrected chi connectivity index (χ2v) is 4.28. The highest BCUT2D eigenvalue weighted by Gasteiger charge is 2.23. The Bertz CT molecular complexity index is 405. The molecule has 0 saturated carbocycles. The smallest absolute Gasteiger partial charge is 0.328 e. The van der Waals surface area contributed by atoms with Gasteiger partial charge in [-0.2, -0.15) is 0 Å². The Kier molecular flexibility index (Phi) is 4.31. The predicted molar refractivity (Wildman–Crippen MR) is 67.7 cm³/mol. The molecular formula is C12H19N3O2. The summed E-state index contributed by atoms with van der Waals surface area (Å²) in [4.78, 5) is 15.9. The molecule has 0 spiro atoms. The van der Waals surface area contributed by atoms with Crippen LogP contribution in [0, 0.1) is 12.8 Å². The fraction of sp³-hybridized carbons (Fsp3) is 0.500. The minimum atomic E-state index is -0.448. The summed E-state index contributed by atoms with van der Waals surface area (Å²) in [6.07, 6.45) is 0. The lowest BCUT2D eigenvalue weighted by atomic mass is 10.0. The van der Waals surface area contributed by atoms with Crippen LogP contribution in [-0.2, 0) is 9.53 Å². The van der Waals surface area contributed by atoms with E-state index in [1.807, 2.05) is 26.8 Å². The third-order valence-electron chi connectivity index (χ3n) is 2.48. The van der Waals surface area contributed by atoms with E-state index in [4.69, 9.17) is 10.5 Å². The van der Waals surface area contributed by atoms with Gasteiger partial charge in [0.05, 0.1) is 12.8 Å². The molecule has 1 heterocycles. The zero-order valence-corrected chi connectivity index (χ0v) is 10.7. The number of methoxy groups -OCH3 is 1. The first-order chi connectivity index (χ1) is 7.95. The highest BCUT2D eigenvalue weighted by atomic mass is 16.5. The minimum Gasteiger partial charge on any atom is -0.467 e. The van der Waals surface area contributed by atoms with Crippen LogP contribution in [0.15, 0.2) is 12.1 Å². The van der Waals surface area contributed by atoms with E-state index >= 15 is 0 Å². The van der Waals surface area contributed by atoms with E-state index in [1.54, 1.807) is 6.07 Å². The molecule has 3 N–H and O–H groups in total. The van der Waals surface area contributed by atoms with Gasteiger partial charge < -0.3 is 15.8 Å². The number of pyridine rings is 1. The largest absolute Gasteiger partial charge is 0.467 e. The molecule has 1 aromatic heterocycles. The zero-order valence-electron chi connectivity index (χ0n) is 10.7. The summed E-state index contributed by atoms with van der Waals surface area (Å²) < 4.78 is 4.75. The maximum absolute atomic E-state index is 11.6. The molecular weight excluding hydrogens is 218 g/mol. The highest BCUT2D eigenvalue weighted by Crippen LogP contribution is 2.19. The maximum Gasteiger partial charge on any atom is 0.328 e. The van der Waals surface area contributed by atoms with E-state index in [1.165, 1.54) is 7.11 Å². The predicted octanol–water partition coefficient (Wildman–Crippen LogP) is 1.58. The van der Waals surface area contributed by atoms with Crippen molar-refractivity contribution in [2.75, 3.05) is 18.2 Å². The lowest BCUT2D eigenvalue weighted by molar-refractivity contribution is -0.142. The second-order valence-electron chi connectivity index (χ2n) is 4.28. The molecule has 1 unspecified atom stereocenters. The number of aromatic nitrogens is 1. The molecule has 0 saturated heterocycles. The summed E-state index contributed by atoms with van der Waals surface area (Å²) in [5, 5.41) is 3.03. The van der Waals surface area contributed by atoms with E-state index in [2.05, 4.69) is 10.3 Å². The van der Waals surface area contributed by atoms with Crippen LogP contribution in [0.3, 0.4) is 0 Å². The molecule has 0 radical (unpaired) electrons. The number of rotatable bonds is 4. The maximum atomic E-state index is 11.6. The van der Waals surface area contributed by atoms with Crippen LogP contribution in [0.25, 0.3) is 0 Å². The molecule has 0 amide bonds. The molecule has 0 bridgehead atoms. The molecule has 0 aliphatic rings. The van der Waals surface area contributed by atoms with Gasteiger partial charge in [-0.05, 0) is 25.0 Å². The number of aryl methyl sites for hydroxylation is 1. The van der Waals surface area contributed by atoms with Gasteiger partial charge in [0.2, 0.25) is 0 Å². The van der Waals surface area contributed by atoms with Gasteiger partial charge in [-0.3, -0.25) is 0 Å². The first kappa shape index (κ1) is 13.3. The lowest BCUT2D eigenvalue weighted by Crippen LogP contribution is -2.36. The Morgan fingerprint density at radius 1 is 1.47 bits per heavy atom. The monoisotopic (exact) mass is 237 g/mol. The number of hydrogen-bond donors (Lipinski definition) is 2. The Morgan fingerprint density at radius 3 is 2.65 bits per heavy atom. The Morgan fingerprint density at radius 2 is 2.12 bits per heavy atom. The van der Waals surface area contributed by atoms with Gasteiger partial charge in [0.15, 0.2) is 0 Å². The quantitative estimate of drug-likeness (QED) is 0.777. The number of nitrogens with two attached hydrogens (primary N) is 1. The van der Waals surface area contributed by atoms with Crippen LogP contribution in [-0.4, -0.2) is 24.1 Å². The number of carbonyl (C=O) groups excluding carboxylic acids is 1. The summed E-state index contributed by atoms with van der Waals surface area (Å²) in [6.45, 7) is 5.73. The summed E-state index contributed by atoms with van der Waals surface area (Å²) in [5.41, 5.74) is 7.16. The van der Waals surface area contributed by atoms with Gasteiger partial charge in [-0.1, -0.05) is 13.8 Å². The topological polar surface area (TPSA) is 77.2 Å². The molecule has 0 aromatic carbocycles. The number of hydrogen-bond acceptors (Lipinski definition) is 5. The first-order valence-corrected chi connectivity index (χ1v) is 5.53. The fourth-order valence-electron chi connectivity index (χ4n) is 1.46. The van der Waals surface area contributed by atoms with Crippen LogP contribution < -0.4 is 11.1 Å². The molecule has 1 aromatic rings. The SMILES string of the molecule is COC(=O)C(Nc1nc(C)ccc1N)C(C)C. The minimum absolute atomic E-state index is 0.0872. The number of nitrogen functional groups attached to an aromatic ring is 1. The van der Waals surface area contributed by atoms with Crippen LogP contribution >= 0.6 is 0 Å². The van der Waals surface area contributed by atoms with Gasteiger partial charge in [0.1, 0.15) is 11.9 Å². The summed E-state index contributed by atoms with van der Waals surface area (Å²) in [6, 6.07) is 3.14. The number of ether oxygens (including phenoxy) is 1. The average Bonchev–Trinajstić information content (AvgIpc) is 2.28. The summed E-state index contributed by atoms with van der Waals surface area (Å²) in [5.74, 6) is 0.293. The number of anilines is 2. The van der Waals surface area contributed by atoms with Crippen molar-refractivity contribution in [3.05, 3.63) is 17.8 Å². The van der Waals surface area contributed by atoms with Crippen LogP contribution in [0.1, 0.15) is 19.5 Å². The molecule has 0 fully saturated rings. The Labute approximate surface area is 101 Å². The van der Waals surface area contributed by atoms with E-state index in [0.29, 0.717) is 11.5 Å². The number of esters is 1. The number of nitrogens with one attached hydrogen (secondary N) is 1. The Balaban J connectivity index is 2.93. The van der Waals surface area contributed by atoms with Crippen molar-refractivity contribution in [1.82, 2.24) is 4.98 Å². The van der Waals surface area contributed by atoms with Crippen molar-refractivity contribution < 1.29 is 9.53 Å². The number of nitrogens with zero attached hydrogens (tertiary/aromatic N) is 1. The van der Waals surface area contributed by atoms with Gasteiger partial charge in [0, 0.05) is 5.69 Å². The van der Waals surface area contributed by atoms with E-state index in [9.17, 15) is 4.79 Å². The van der Waals surface area contributed by atoms with Crippen molar-refractivity contribution in [1.29, 1.82) is 0 Å². The second kappa shape index (κ2) is 5.52. The highest BCUT2D eigenvalue weighted by molar-refractivity contribution is 5.80. The molecule has 0 aliphatic carbocycles. The third-order valence-corrected chi connectivity index (χ3v) is 2.48. The molecule has 0 aliphatic heterocycles. The van der Waals surface area contributed by atoms with Gasteiger partial charge >= 0.3 is 5.97 Å². The van der Waals surface area contributed by atoms with Gasteiger partial charge in [-0.25, -0.2) is 9.78 Å². The van der Waals surface area contributed by atoms with Crippen molar-refractivity contribution in [2.24, 2.45) is 5.92 Å². The van der Waals surface area contributed by atoms with Crippen LogP contribution in [0.2, 0.25) is 0 Å². The molecule has 17 heavy (non-hydrogen) atoms. The first-order valence-electron chi connectivity index (χ1n) is 5.53. The normalized spacial score (nSPS) is 12.3. The van der Waals surface area contributed by atoms with E-state index < -0.39 is 6.04 Å². The average molecular weight is 237 g/mol. The van der Waals surface area contributed by atoms with Crippen molar-refractivity contribution in [3.63, 3.8) is 0 Å². The number of carbonyl (C=O) groups is 1. The summed E-state index contributed by atoms with van der Waals surface area (Å²) in [7, 11) is 1.37. The van der Waals surface area contributed by atoms with Crippen molar-refractivity contribution in [3.8, 4) is 0 Å². The molecule has 1 atom stereocenters. The Hall–Kier alpha value is -1.78. The van der Waals surface area contributed by atoms with E-state index in [0.717, 1.165) is 5.69 Å². The van der Waals surface area contributed by atoms with Crippen molar-refractivity contribution >= 4 is 17.5 Å². The van der Waals surface area contributed by atoms with Crippen LogP contribution in [0.4, 0.5) is 11.5 Å². The summed E-state index contributed by atoms with van der Waals surface area (Å²) >= 11 is 0. The van der Waals surface area contributed by atoms with Gasteiger partial charge in [0.25, 0.3) is 0 Å². The standard InChI is InChI=1S/C12H19N3O2/c1-7(2)10(12(16)17-4)15-11-9(13)6-5-8(3)14-11/h5-7,10H,13H2,1-4H3,(H,14,15). The van der Waals surface area contributed by atoms with E-state index in [-0.39, 0.29) is 11.9 Å². The third kappa shape index (κ3) is 3.34. The molecule has 5 nitrogen and oxygen atoms in total. The lowest BCUT2D eigenvalue weighted by Gasteiger charge is -2.21.